The SMILES string of the molecule is COC(=O)NC(=O)[C@H](C)N1CCN(Cc2cc(C)ccc2OC)CC1. The molecule has 25 heavy (non-hydrogen) atoms. The van der Waals surface area contributed by atoms with E-state index in [0.29, 0.717) is 0 Å². The first-order chi connectivity index (χ1) is 11.9. The van der Waals surface area contributed by atoms with Gasteiger partial charge in [0.2, 0.25) is 5.91 Å². The largest absolute Gasteiger partial charge is 0.496 e. The minimum Gasteiger partial charge on any atom is -0.496 e. The van der Waals surface area contributed by atoms with Crippen LogP contribution in [0.5, 0.6) is 5.75 Å². The summed E-state index contributed by atoms with van der Waals surface area (Å²) >= 11 is 0. The first-order valence-corrected chi connectivity index (χ1v) is 8.43. The predicted octanol–water partition coefficient (Wildman–Crippen LogP) is 1.39. The standard InChI is InChI=1S/C18H27N3O4/c1-13-5-6-16(24-3)15(11-13)12-20-7-9-21(10-8-20)14(2)17(22)19-18(23)25-4/h5-6,11,14H,7-10,12H2,1-4H3,(H,19,22,23)/t14-/m0/s1. The molecule has 1 aliphatic heterocycles. The van der Waals surface area contributed by atoms with E-state index in [9.17, 15) is 9.59 Å². The van der Waals surface area contributed by atoms with Gasteiger partial charge < -0.3 is 9.47 Å². The number of rotatable bonds is 5. The minimum absolute atomic E-state index is 0.333. The smallest absolute Gasteiger partial charge is 0.413 e. The third-order valence-corrected chi connectivity index (χ3v) is 4.57. The molecule has 0 radical (unpaired) electrons. The quantitative estimate of drug-likeness (QED) is 0.866. The molecule has 7 heteroatoms. The van der Waals surface area contributed by atoms with Crippen LogP contribution in [0.4, 0.5) is 4.79 Å². The van der Waals surface area contributed by atoms with Crippen molar-refractivity contribution >= 4 is 12.0 Å². The molecule has 138 valence electrons. The van der Waals surface area contributed by atoms with Gasteiger partial charge in [0.05, 0.1) is 20.3 Å². The van der Waals surface area contributed by atoms with Crippen LogP contribution in [0.3, 0.4) is 0 Å². The van der Waals surface area contributed by atoms with Gasteiger partial charge in [-0.25, -0.2) is 4.79 Å². The number of imide groups is 1. The summed E-state index contributed by atoms with van der Waals surface area (Å²) in [7, 11) is 2.93. The third-order valence-electron chi connectivity index (χ3n) is 4.57. The molecule has 0 bridgehead atoms. The van der Waals surface area contributed by atoms with Gasteiger partial charge in [0.25, 0.3) is 0 Å². The van der Waals surface area contributed by atoms with Gasteiger partial charge in [-0.15, -0.1) is 0 Å². The molecule has 2 rings (SSSR count). The monoisotopic (exact) mass is 349 g/mol. The van der Waals surface area contributed by atoms with E-state index < -0.39 is 6.09 Å². The van der Waals surface area contributed by atoms with Gasteiger partial charge in [-0.2, -0.15) is 0 Å². The van der Waals surface area contributed by atoms with E-state index in [1.54, 1.807) is 14.0 Å². The highest BCUT2D eigenvalue weighted by Crippen LogP contribution is 2.22. The fourth-order valence-electron chi connectivity index (χ4n) is 3.00. The van der Waals surface area contributed by atoms with Crippen LogP contribution >= 0.6 is 0 Å². The van der Waals surface area contributed by atoms with Crippen LogP contribution in [-0.4, -0.2) is 68.2 Å². The van der Waals surface area contributed by atoms with Crippen LogP contribution in [0, 0.1) is 6.92 Å². The first kappa shape index (κ1) is 19.2. The Morgan fingerprint density at radius 3 is 2.48 bits per heavy atom. The maximum absolute atomic E-state index is 12.0. The summed E-state index contributed by atoms with van der Waals surface area (Å²) in [6.45, 7) is 7.94. The van der Waals surface area contributed by atoms with Crippen LogP contribution in [-0.2, 0) is 16.1 Å². The Bertz CT molecular complexity index is 612. The lowest BCUT2D eigenvalue weighted by molar-refractivity contribution is -0.125. The number of piperazine rings is 1. The number of methoxy groups -OCH3 is 2. The fourth-order valence-corrected chi connectivity index (χ4v) is 3.00. The van der Waals surface area contributed by atoms with Crippen molar-refractivity contribution < 1.29 is 19.1 Å². The molecular weight excluding hydrogens is 322 g/mol. The van der Waals surface area contributed by atoms with Gasteiger partial charge in [0.1, 0.15) is 5.75 Å². The zero-order chi connectivity index (χ0) is 18.4. The molecule has 2 amide bonds. The molecule has 0 aromatic heterocycles. The molecule has 7 nitrogen and oxygen atoms in total. The zero-order valence-electron chi connectivity index (χ0n) is 15.4. The Balaban J connectivity index is 1.88. The van der Waals surface area contributed by atoms with Crippen molar-refractivity contribution in [3.63, 3.8) is 0 Å². The Kier molecular flexibility index (Phi) is 6.78. The average molecular weight is 349 g/mol. The van der Waals surface area contributed by atoms with Gasteiger partial charge in [-0.05, 0) is 19.9 Å². The molecule has 1 aromatic rings. The molecule has 1 atom stereocenters. The van der Waals surface area contributed by atoms with E-state index in [0.717, 1.165) is 38.5 Å². The van der Waals surface area contributed by atoms with Gasteiger partial charge >= 0.3 is 6.09 Å². The van der Waals surface area contributed by atoms with E-state index in [2.05, 4.69) is 32.8 Å². The summed E-state index contributed by atoms with van der Waals surface area (Å²) in [4.78, 5) is 27.6. The number of nitrogens with zero attached hydrogens (tertiary/aromatic N) is 2. The highest BCUT2D eigenvalue weighted by Gasteiger charge is 2.27. The number of ether oxygens (including phenoxy) is 2. The molecule has 1 aliphatic rings. The topological polar surface area (TPSA) is 71.1 Å². The van der Waals surface area contributed by atoms with Gasteiger partial charge in [0, 0.05) is 38.3 Å². The van der Waals surface area contributed by atoms with Crippen molar-refractivity contribution in [1.82, 2.24) is 15.1 Å². The molecule has 1 aromatic carbocycles. The number of benzene rings is 1. The number of hydrogen-bond donors (Lipinski definition) is 1. The second-order valence-corrected chi connectivity index (χ2v) is 6.28. The van der Waals surface area contributed by atoms with Crippen molar-refractivity contribution in [2.45, 2.75) is 26.4 Å². The molecule has 1 saturated heterocycles. The Morgan fingerprint density at radius 2 is 1.88 bits per heavy atom. The summed E-state index contributed by atoms with van der Waals surface area (Å²) in [6, 6.07) is 5.83. The summed E-state index contributed by atoms with van der Waals surface area (Å²) in [5, 5.41) is 2.23. The number of aryl methyl sites for hydroxylation is 1. The molecule has 0 spiro atoms. The summed E-state index contributed by atoms with van der Waals surface area (Å²) in [5.41, 5.74) is 2.38. The van der Waals surface area contributed by atoms with Crippen LogP contribution in [0.25, 0.3) is 0 Å². The van der Waals surface area contributed by atoms with Crippen molar-refractivity contribution in [2.24, 2.45) is 0 Å². The highest BCUT2D eigenvalue weighted by atomic mass is 16.5. The Morgan fingerprint density at radius 1 is 1.20 bits per heavy atom. The Labute approximate surface area is 148 Å². The number of carbonyl (C=O) groups is 2. The van der Waals surface area contributed by atoms with E-state index in [-0.39, 0.29) is 11.9 Å². The van der Waals surface area contributed by atoms with Crippen LogP contribution < -0.4 is 10.1 Å². The molecule has 1 N–H and O–H groups in total. The fraction of sp³-hybridized carbons (Fsp3) is 0.556. The maximum atomic E-state index is 12.0. The molecule has 0 aliphatic carbocycles. The number of alkyl carbamates (subject to hydrolysis) is 1. The normalized spacial score (nSPS) is 17.0. The van der Waals surface area contributed by atoms with E-state index in [1.165, 1.54) is 18.2 Å². The molecule has 1 heterocycles. The second-order valence-electron chi connectivity index (χ2n) is 6.28. The van der Waals surface area contributed by atoms with Crippen molar-refractivity contribution in [3.8, 4) is 5.75 Å². The summed E-state index contributed by atoms with van der Waals surface area (Å²) in [5.74, 6) is 0.569. The van der Waals surface area contributed by atoms with Crippen LogP contribution in [0.15, 0.2) is 18.2 Å². The van der Waals surface area contributed by atoms with E-state index in [1.807, 2.05) is 12.1 Å². The van der Waals surface area contributed by atoms with Crippen molar-refractivity contribution in [3.05, 3.63) is 29.3 Å². The highest BCUT2D eigenvalue weighted by molar-refractivity contribution is 5.94. The lowest BCUT2D eigenvalue weighted by atomic mass is 10.1. The number of carbonyl (C=O) groups excluding carboxylic acids is 2. The van der Waals surface area contributed by atoms with Gasteiger partial charge in [-0.1, -0.05) is 17.7 Å². The average Bonchev–Trinajstić information content (AvgIpc) is 2.61. The Hall–Kier alpha value is -2.12. The summed E-state index contributed by atoms with van der Waals surface area (Å²) < 4.78 is 9.91. The number of nitrogens with one attached hydrogen (secondary N) is 1. The van der Waals surface area contributed by atoms with Gasteiger partial charge in [0.15, 0.2) is 0 Å². The molecule has 1 fully saturated rings. The van der Waals surface area contributed by atoms with Crippen LogP contribution in [0.2, 0.25) is 0 Å². The van der Waals surface area contributed by atoms with E-state index >= 15 is 0 Å². The first-order valence-electron chi connectivity index (χ1n) is 8.43. The minimum atomic E-state index is -0.720. The maximum Gasteiger partial charge on any atom is 0.413 e. The van der Waals surface area contributed by atoms with Gasteiger partial charge in [-0.3, -0.25) is 19.9 Å². The summed E-state index contributed by atoms with van der Waals surface area (Å²) in [6.07, 6.45) is -0.720. The van der Waals surface area contributed by atoms with Crippen molar-refractivity contribution in [1.29, 1.82) is 0 Å². The van der Waals surface area contributed by atoms with Crippen LogP contribution in [0.1, 0.15) is 18.1 Å². The van der Waals surface area contributed by atoms with Crippen molar-refractivity contribution in [2.75, 3.05) is 40.4 Å². The third kappa shape index (κ3) is 5.17. The zero-order valence-corrected chi connectivity index (χ0v) is 15.4. The molecular formula is C18H27N3O4. The number of amides is 2. The number of hydrogen-bond acceptors (Lipinski definition) is 6. The second kappa shape index (κ2) is 8.82. The predicted molar refractivity (Wildman–Crippen MR) is 94.6 cm³/mol. The lowest BCUT2D eigenvalue weighted by Crippen LogP contribution is -2.54. The lowest BCUT2D eigenvalue weighted by Gasteiger charge is -2.37. The molecule has 0 saturated carbocycles. The van der Waals surface area contributed by atoms with E-state index in [4.69, 9.17) is 4.74 Å². The molecule has 0 unspecified atom stereocenters.